The number of halogens is 4. The van der Waals surface area contributed by atoms with Crippen LogP contribution in [0.4, 0.5) is 0 Å². The molecule has 0 N–H and O–H groups in total. The molecular weight excluding hydrogens is 916 g/mol. The lowest BCUT2D eigenvalue weighted by molar-refractivity contribution is -0.135. The molecule has 0 aliphatic heterocycles. The number of carbonyl (C=O) groups is 4. The molecule has 0 bridgehead atoms. The molecule has 51 heavy (non-hydrogen) atoms. The third kappa shape index (κ3) is 20.3. The van der Waals surface area contributed by atoms with Crippen LogP contribution in [-0.4, -0.2) is 23.9 Å². The molecule has 0 fully saturated rings. The minimum atomic E-state index is -0.290. The Balaban J connectivity index is 0.000000341. The Bertz CT molecular complexity index is 1640. The van der Waals surface area contributed by atoms with E-state index >= 15 is 0 Å². The molecule has 0 aliphatic carbocycles. The van der Waals surface area contributed by atoms with Crippen LogP contribution in [0.1, 0.15) is 69.2 Å². The molecule has 0 heterocycles. The van der Waals surface area contributed by atoms with Crippen LogP contribution >= 0.6 is 63.7 Å². The summed E-state index contributed by atoms with van der Waals surface area (Å²) in [6, 6.07) is 29.8. The van der Waals surface area contributed by atoms with Gasteiger partial charge in [-0.1, -0.05) is 138 Å². The molecule has 8 nitrogen and oxygen atoms in total. The zero-order valence-electron chi connectivity index (χ0n) is 29.0. The van der Waals surface area contributed by atoms with Gasteiger partial charge in [0.2, 0.25) is 0 Å². The fraction of sp³-hybridized carbons (Fsp3) is 0.282. The molecule has 0 spiro atoms. The van der Waals surface area contributed by atoms with Gasteiger partial charge in [-0.05, 0) is 53.9 Å². The van der Waals surface area contributed by atoms with E-state index < -0.39 is 0 Å². The van der Waals surface area contributed by atoms with Crippen LogP contribution in [0.3, 0.4) is 0 Å². The van der Waals surface area contributed by atoms with Crippen molar-refractivity contribution in [3.05, 3.63) is 119 Å². The second kappa shape index (κ2) is 27.3. The summed E-state index contributed by atoms with van der Waals surface area (Å²) in [6.07, 6.45) is 1.69. The van der Waals surface area contributed by atoms with Crippen LogP contribution in [-0.2, 0) is 40.5 Å². The van der Waals surface area contributed by atoms with Gasteiger partial charge in [0.05, 0.1) is 0 Å². The van der Waals surface area contributed by atoms with Crippen molar-refractivity contribution in [2.24, 2.45) is 0 Å². The van der Waals surface area contributed by atoms with Crippen LogP contribution < -0.4 is 18.9 Å². The molecule has 0 aliphatic rings. The van der Waals surface area contributed by atoms with Gasteiger partial charge in [0.25, 0.3) is 0 Å². The predicted octanol–water partition coefficient (Wildman–Crippen LogP) is 11.2. The van der Waals surface area contributed by atoms with Gasteiger partial charge in [0, 0.05) is 59.1 Å². The van der Waals surface area contributed by atoms with Crippen LogP contribution in [0.25, 0.3) is 0 Å². The first-order valence-electron chi connectivity index (χ1n) is 15.9. The Morgan fingerprint density at radius 2 is 1.04 bits per heavy atom. The van der Waals surface area contributed by atoms with E-state index in [0.29, 0.717) is 46.5 Å². The summed E-state index contributed by atoms with van der Waals surface area (Å²) in [5.74, 6) is 1.54. The van der Waals surface area contributed by atoms with E-state index in [9.17, 15) is 19.2 Å². The molecule has 4 aromatic rings. The SMILES string of the molecule is CC(=O)Oc1cccc(CBr)c1.CC(=O)Oc1ccccc1CBr.CCC(=O)Oc1ccc(CBr)cc1.CCCC(=O)Oc1ccccc1CBr. The zero-order valence-corrected chi connectivity index (χ0v) is 35.3. The summed E-state index contributed by atoms with van der Waals surface area (Å²) in [5, 5.41) is 2.97. The van der Waals surface area contributed by atoms with Gasteiger partial charge in [0.1, 0.15) is 23.0 Å². The maximum atomic E-state index is 11.2. The number of hydrogen-bond donors (Lipinski definition) is 0. The van der Waals surface area contributed by atoms with Gasteiger partial charge >= 0.3 is 23.9 Å². The summed E-state index contributed by atoms with van der Waals surface area (Å²) in [7, 11) is 0. The fourth-order valence-corrected chi connectivity index (χ4v) is 5.32. The van der Waals surface area contributed by atoms with Gasteiger partial charge in [-0.3, -0.25) is 19.2 Å². The third-order valence-electron chi connectivity index (χ3n) is 6.08. The molecule has 0 aromatic heterocycles. The molecular formula is C39H42Br4O8. The minimum Gasteiger partial charge on any atom is -0.427 e. The van der Waals surface area contributed by atoms with Crippen molar-refractivity contribution in [1.82, 2.24) is 0 Å². The average molecular weight is 958 g/mol. The predicted molar refractivity (Wildman–Crippen MR) is 215 cm³/mol. The summed E-state index contributed by atoms with van der Waals surface area (Å²) < 4.78 is 20.1. The first-order valence-corrected chi connectivity index (χ1v) is 20.3. The van der Waals surface area contributed by atoms with Crippen molar-refractivity contribution in [3.63, 3.8) is 0 Å². The largest absolute Gasteiger partial charge is 0.427 e. The zero-order chi connectivity index (χ0) is 38.0. The Morgan fingerprint density at radius 1 is 0.510 bits per heavy atom. The number of hydrogen-bond acceptors (Lipinski definition) is 8. The molecule has 4 rings (SSSR count). The highest BCUT2D eigenvalue weighted by atomic mass is 79.9. The Morgan fingerprint density at radius 3 is 1.51 bits per heavy atom. The Hall–Kier alpha value is -3.32. The second-order valence-corrected chi connectivity index (χ2v) is 12.5. The molecule has 0 saturated heterocycles. The van der Waals surface area contributed by atoms with Gasteiger partial charge in [-0.15, -0.1) is 0 Å². The van der Waals surface area contributed by atoms with Crippen molar-refractivity contribution >= 4 is 87.6 Å². The molecule has 4 aromatic carbocycles. The number of esters is 4. The van der Waals surface area contributed by atoms with E-state index in [1.165, 1.54) is 13.8 Å². The third-order valence-corrected chi connectivity index (χ3v) is 8.58. The quantitative estimate of drug-likeness (QED) is 0.0832. The number of para-hydroxylation sites is 2. The summed E-state index contributed by atoms with van der Waals surface area (Å²) in [6.45, 7) is 6.51. The van der Waals surface area contributed by atoms with Crippen molar-refractivity contribution in [3.8, 4) is 23.0 Å². The molecule has 0 atom stereocenters. The van der Waals surface area contributed by atoms with E-state index in [-0.39, 0.29) is 23.9 Å². The Kier molecular flexibility index (Phi) is 24.5. The summed E-state index contributed by atoms with van der Waals surface area (Å²) in [5.41, 5.74) is 4.23. The second-order valence-electron chi connectivity index (χ2n) is 10.3. The number of rotatable bonds is 11. The smallest absolute Gasteiger partial charge is 0.311 e. The van der Waals surface area contributed by atoms with Crippen LogP contribution in [0.2, 0.25) is 0 Å². The first-order chi connectivity index (χ1) is 24.5. The van der Waals surface area contributed by atoms with Crippen LogP contribution in [0.15, 0.2) is 97.1 Å². The van der Waals surface area contributed by atoms with Gasteiger partial charge in [-0.2, -0.15) is 0 Å². The number of benzene rings is 4. The first kappa shape index (κ1) is 45.7. The highest BCUT2D eigenvalue weighted by Gasteiger charge is 2.07. The van der Waals surface area contributed by atoms with Gasteiger partial charge in [0.15, 0.2) is 0 Å². The molecule has 0 unspecified atom stereocenters. The average Bonchev–Trinajstić information content (AvgIpc) is 3.13. The lowest BCUT2D eigenvalue weighted by Gasteiger charge is -2.06. The van der Waals surface area contributed by atoms with Crippen molar-refractivity contribution in [2.45, 2.75) is 68.3 Å². The molecule has 12 heteroatoms. The van der Waals surface area contributed by atoms with Gasteiger partial charge in [-0.25, -0.2) is 0 Å². The van der Waals surface area contributed by atoms with Crippen molar-refractivity contribution in [2.75, 3.05) is 0 Å². The maximum absolute atomic E-state index is 11.2. The van der Waals surface area contributed by atoms with E-state index in [1.54, 1.807) is 31.2 Å². The number of carbonyl (C=O) groups excluding carboxylic acids is 4. The molecule has 274 valence electrons. The van der Waals surface area contributed by atoms with Crippen LogP contribution in [0, 0.1) is 0 Å². The lowest BCUT2D eigenvalue weighted by atomic mass is 10.2. The minimum absolute atomic E-state index is 0.166. The highest BCUT2D eigenvalue weighted by Crippen LogP contribution is 2.22. The lowest BCUT2D eigenvalue weighted by Crippen LogP contribution is -2.08. The van der Waals surface area contributed by atoms with E-state index in [4.69, 9.17) is 18.9 Å². The normalized spacial score (nSPS) is 9.65. The maximum Gasteiger partial charge on any atom is 0.311 e. The van der Waals surface area contributed by atoms with E-state index in [0.717, 1.165) is 39.3 Å². The highest BCUT2D eigenvalue weighted by molar-refractivity contribution is 9.09. The van der Waals surface area contributed by atoms with E-state index in [1.807, 2.05) is 79.7 Å². The molecule has 0 saturated carbocycles. The number of alkyl halides is 4. The molecule has 0 radical (unpaired) electrons. The standard InChI is InChI=1S/C11H13BrO2.C10H11BrO2.2C9H9BrO2/c1-2-5-11(13)14-10-7-4-3-6-9(10)8-12;1-2-10(12)13-9-5-3-8(7-11)4-6-9;1-7(11)12-9-4-2-3-8(5-9)6-10;1-7(11)12-9-5-3-2-4-8(9)6-10/h3-4,6-7H,2,5,8H2,1H3;3-6H,2,7H2,1H3;2*2-5H,6H2,1H3. The van der Waals surface area contributed by atoms with Crippen LogP contribution in [0.5, 0.6) is 23.0 Å². The van der Waals surface area contributed by atoms with Gasteiger partial charge < -0.3 is 18.9 Å². The summed E-state index contributed by atoms with van der Waals surface area (Å²) >= 11 is 13.3. The Labute approximate surface area is 334 Å². The van der Waals surface area contributed by atoms with Crippen molar-refractivity contribution < 1.29 is 38.1 Å². The monoisotopic (exact) mass is 954 g/mol. The van der Waals surface area contributed by atoms with Crippen molar-refractivity contribution in [1.29, 1.82) is 0 Å². The fourth-order valence-electron chi connectivity index (χ4n) is 3.67. The van der Waals surface area contributed by atoms with E-state index in [2.05, 4.69) is 63.7 Å². The molecule has 0 amide bonds. The number of ether oxygens (including phenoxy) is 4. The topological polar surface area (TPSA) is 105 Å². The summed E-state index contributed by atoms with van der Waals surface area (Å²) in [4.78, 5) is 43.4.